The van der Waals surface area contributed by atoms with E-state index in [4.69, 9.17) is 0 Å². The van der Waals surface area contributed by atoms with E-state index in [0.29, 0.717) is 11.3 Å². The quantitative estimate of drug-likeness (QED) is 0.770. The van der Waals surface area contributed by atoms with E-state index in [9.17, 15) is 14.4 Å². The Hall–Kier alpha value is -2.37. The number of ketones is 1. The van der Waals surface area contributed by atoms with Crippen molar-refractivity contribution >= 4 is 23.3 Å². The summed E-state index contributed by atoms with van der Waals surface area (Å²) >= 11 is 0. The van der Waals surface area contributed by atoms with Crippen LogP contribution in [-0.4, -0.2) is 48.7 Å². The maximum Gasteiger partial charge on any atom is 0.241 e. The Kier molecular flexibility index (Phi) is 5.52. The van der Waals surface area contributed by atoms with E-state index in [1.54, 1.807) is 29.2 Å². The zero-order valence-electron chi connectivity index (χ0n) is 12.7. The first-order chi connectivity index (χ1) is 10.6. The molecule has 0 radical (unpaired) electrons. The van der Waals surface area contributed by atoms with Crippen LogP contribution in [0.15, 0.2) is 24.3 Å². The largest absolute Gasteiger partial charge is 0.376 e. The van der Waals surface area contributed by atoms with Crippen LogP contribution in [0.25, 0.3) is 0 Å². The van der Waals surface area contributed by atoms with Gasteiger partial charge in [-0.15, -0.1) is 0 Å². The highest BCUT2D eigenvalue weighted by Gasteiger charge is 2.17. The number of benzene rings is 1. The molecule has 22 heavy (non-hydrogen) atoms. The first kappa shape index (κ1) is 16.0. The minimum Gasteiger partial charge on any atom is -0.376 e. The predicted molar refractivity (Wildman–Crippen MR) is 83.8 cm³/mol. The second kappa shape index (κ2) is 7.59. The standard InChI is InChI=1S/C16H21N3O3/c1-12(20)13-5-4-6-14(9-13)17-10-15(21)18-11-16(22)19-7-2-3-8-19/h4-6,9,17H,2-3,7-8,10-11H2,1H3,(H,18,21). The lowest BCUT2D eigenvalue weighted by molar-refractivity contribution is -0.131. The number of hydrogen-bond acceptors (Lipinski definition) is 4. The van der Waals surface area contributed by atoms with E-state index in [-0.39, 0.29) is 30.7 Å². The highest BCUT2D eigenvalue weighted by molar-refractivity contribution is 5.95. The summed E-state index contributed by atoms with van der Waals surface area (Å²) in [4.78, 5) is 36.6. The van der Waals surface area contributed by atoms with Crippen molar-refractivity contribution < 1.29 is 14.4 Å². The van der Waals surface area contributed by atoms with Gasteiger partial charge in [0.15, 0.2) is 5.78 Å². The second-order valence-corrected chi connectivity index (χ2v) is 5.36. The fourth-order valence-corrected chi connectivity index (χ4v) is 2.35. The van der Waals surface area contributed by atoms with Crippen LogP contribution >= 0.6 is 0 Å². The van der Waals surface area contributed by atoms with Gasteiger partial charge < -0.3 is 15.5 Å². The molecule has 1 aliphatic heterocycles. The van der Waals surface area contributed by atoms with E-state index in [2.05, 4.69) is 10.6 Å². The number of carbonyl (C=O) groups is 3. The Labute approximate surface area is 129 Å². The lowest BCUT2D eigenvalue weighted by Gasteiger charge is -2.15. The summed E-state index contributed by atoms with van der Waals surface area (Å²) in [5.41, 5.74) is 1.29. The SMILES string of the molecule is CC(=O)c1cccc(NCC(=O)NCC(=O)N2CCCC2)c1. The van der Waals surface area contributed by atoms with Crippen LogP contribution in [0.4, 0.5) is 5.69 Å². The molecule has 1 aromatic carbocycles. The van der Waals surface area contributed by atoms with Crippen molar-refractivity contribution in [3.8, 4) is 0 Å². The van der Waals surface area contributed by atoms with E-state index in [1.807, 2.05) is 0 Å². The van der Waals surface area contributed by atoms with Crippen molar-refractivity contribution in [2.75, 3.05) is 31.5 Å². The molecule has 0 saturated carbocycles. The number of amides is 2. The van der Waals surface area contributed by atoms with Gasteiger partial charge in [-0.25, -0.2) is 0 Å². The lowest BCUT2D eigenvalue weighted by Crippen LogP contribution is -2.40. The number of anilines is 1. The monoisotopic (exact) mass is 303 g/mol. The molecule has 0 bridgehead atoms. The number of nitrogens with zero attached hydrogens (tertiary/aromatic N) is 1. The molecule has 0 aromatic heterocycles. The third-order valence-electron chi connectivity index (χ3n) is 3.62. The van der Waals surface area contributed by atoms with Crippen molar-refractivity contribution in [3.05, 3.63) is 29.8 Å². The molecule has 118 valence electrons. The Balaban J connectivity index is 1.74. The number of rotatable bonds is 6. The van der Waals surface area contributed by atoms with E-state index in [1.165, 1.54) is 6.92 Å². The van der Waals surface area contributed by atoms with Crippen LogP contribution in [-0.2, 0) is 9.59 Å². The maximum atomic E-state index is 11.8. The summed E-state index contributed by atoms with van der Waals surface area (Å²) in [7, 11) is 0. The highest BCUT2D eigenvalue weighted by atomic mass is 16.2. The molecule has 1 saturated heterocycles. The minimum absolute atomic E-state index is 0.0238. The molecule has 1 aliphatic rings. The Morgan fingerprint density at radius 3 is 2.55 bits per heavy atom. The van der Waals surface area contributed by atoms with Crippen LogP contribution in [0.3, 0.4) is 0 Å². The van der Waals surface area contributed by atoms with Crippen molar-refractivity contribution in [3.63, 3.8) is 0 Å². The second-order valence-electron chi connectivity index (χ2n) is 5.36. The number of nitrogens with one attached hydrogen (secondary N) is 2. The molecule has 6 heteroatoms. The molecule has 0 atom stereocenters. The Morgan fingerprint density at radius 1 is 1.14 bits per heavy atom. The van der Waals surface area contributed by atoms with Gasteiger partial charge in [0.2, 0.25) is 11.8 Å². The fraction of sp³-hybridized carbons (Fsp3) is 0.438. The van der Waals surface area contributed by atoms with Crippen LogP contribution in [0.1, 0.15) is 30.1 Å². The molecule has 2 N–H and O–H groups in total. The van der Waals surface area contributed by atoms with Gasteiger partial charge in [-0.1, -0.05) is 12.1 Å². The maximum absolute atomic E-state index is 11.8. The molecule has 1 heterocycles. The molecule has 0 spiro atoms. The lowest BCUT2D eigenvalue weighted by atomic mass is 10.1. The van der Waals surface area contributed by atoms with Gasteiger partial charge in [-0.05, 0) is 31.9 Å². The molecule has 6 nitrogen and oxygen atoms in total. The number of Topliss-reactive ketones (excluding diaryl/α,β-unsaturated/α-hetero) is 1. The van der Waals surface area contributed by atoms with Gasteiger partial charge >= 0.3 is 0 Å². The third-order valence-corrected chi connectivity index (χ3v) is 3.62. The molecule has 0 unspecified atom stereocenters. The number of carbonyl (C=O) groups excluding carboxylic acids is 3. The van der Waals surface area contributed by atoms with Crippen molar-refractivity contribution in [2.24, 2.45) is 0 Å². The zero-order chi connectivity index (χ0) is 15.9. The molecule has 0 aliphatic carbocycles. The first-order valence-corrected chi connectivity index (χ1v) is 7.45. The van der Waals surface area contributed by atoms with Crippen LogP contribution in [0.5, 0.6) is 0 Å². The fourth-order valence-electron chi connectivity index (χ4n) is 2.35. The number of likely N-dealkylation sites (tertiary alicyclic amines) is 1. The zero-order valence-corrected chi connectivity index (χ0v) is 12.7. The van der Waals surface area contributed by atoms with Crippen molar-refractivity contribution in [2.45, 2.75) is 19.8 Å². The average Bonchev–Trinajstić information content (AvgIpc) is 3.05. The minimum atomic E-state index is -0.249. The number of hydrogen-bond donors (Lipinski definition) is 2. The topological polar surface area (TPSA) is 78.5 Å². The van der Waals surface area contributed by atoms with Crippen LogP contribution < -0.4 is 10.6 Å². The van der Waals surface area contributed by atoms with Crippen LogP contribution in [0, 0.1) is 0 Å². The summed E-state index contributed by atoms with van der Waals surface area (Å²) in [6.07, 6.45) is 2.07. The summed E-state index contributed by atoms with van der Waals surface area (Å²) in [5, 5.41) is 5.55. The van der Waals surface area contributed by atoms with Crippen molar-refractivity contribution in [1.29, 1.82) is 0 Å². The van der Waals surface area contributed by atoms with Gasteiger partial charge in [-0.2, -0.15) is 0 Å². The average molecular weight is 303 g/mol. The summed E-state index contributed by atoms with van der Waals surface area (Å²) in [6.45, 7) is 3.16. The summed E-state index contributed by atoms with van der Waals surface area (Å²) in [5.74, 6) is -0.311. The van der Waals surface area contributed by atoms with E-state index < -0.39 is 0 Å². The predicted octanol–water partition coefficient (Wildman–Crippen LogP) is 1.04. The smallest absolute Gasteiger partial charge is 0.241 e. The Morgan fingerprint density at radius 2 is 1.86 bits per heavy atom. The first-order valence-electron chi connectivity index (χ1n) is 7.45. The summed E-state index contributed by atoms with van der Waals surface area (Å²) in [6, 6.07) is 6.97. The van der Waals surface area contributed by atoms with Gasteiger partial charge in [0, 0.05) is 24.3 Å². The molecule has 1 aromatic rings. The van der Waals surface area contributed by atoms with Crippen LogP contribution in [0.2, 0.25) is 0 Å². The Bertz CT molecular complexity index is 566. The van der Waals surface area contributed by atoms with Gasteiger partial charge in [0.1, 0.15) is 0 Å². The van der Waals surface area contributed by atoms with Crippen molar-refractivity contribution in [1.82, 2.24) is 10.2 Å². The molecular formula is C16H21N3O3. The molecule has 2 rings (SSSR count). The summed E-state index contributed by atoms with van der Waals surface area (Å²) < 4.78 is 0. The third kappa shape index (κ3) is 4.58. The molecule has 2 amide bonds. The highest BCUT2D eigenvalue weighted by Crippen LogP contribution is 2.10. The van der Waals surface area contributed by atoms with Gasteiger partial charge in [0.05, 0.1) is 13.1 Å². The van der Waals surface area contributed by atoms with Gasteiger partial charge in [0.25, 0.3) is 0 Å². The van der Waals surface area contributed by atoms with E-state index in [0.717, 1.165) is 25.9 Å². The molecule has 1 fully saturated rings. The van der Waals surface area contributed by atoms with Gasteiger partial charge in [-0.3, -0.25) is 14.4 Å². The molecular weight excluding hydrogens is 282 g/mol. The van der Waals surface area contributed by atoms with E-state index >= 15 is 0 Å². The normalized spacial score (nSPS) is 13.8.